The van der Waals surface area contributed by atoms with Crippen molar-refractivity contribution in [3.8, 4) is 5.75 Å². The molecular weight excluding hydrogens is 262 g/mol. The highest BCUT2D eigenvalue weighted by atomic mass is 35.5. The van der Waals surface area contributed by atoms with Crippen LogP contribution >= 0.6 is 11.6 Å². The lowest BCUT2D eigenvalue weighted by molar-refractivity contribution is -0.117. The quantitative estimate of drug-likeness (QED) is 0.854. The van der Waals surface area contributed by atoms with Crippen LogP contribution in [0.2, 0.25) is 0 Å². The molecule has 1 atom stereocenters. The van der Waals surface area contributed by atoms with E-state index in [1.165, 1.54) is 0 Å². The van der Waals surface area contributed by atoms with Gasteiger partial charge in [-0.05, 0) is 23.8 Å². The number of hydrogen-bond acceptors (Lipinski definition) is 2. The molecule has 19 heavy (non-hydrogen) atoms. The first-order valence-electron chi connectivity index (χ1n) is 5.90. The maximum absolute atomic E-state index is 12.3. The highest BCUT2D eigenvalue weighted by molar-refractivity contribution is 6.41. The van der Waals surface area contributed by atoms with Crippen molar-refractivity contribution in [2.75, 3.05) is 12.4 Å². The summed E-state index contributed by atoms with van der Waals surface area (Å²) < 4.78 is 5.21. The molecule has 0 spiro atoms. The van der Waals surface area contributed by atoms with E-state index in [2.05, 4.69) is 5.32 Å². The summed E-state index contributed by atoms with van der Waals surface area (Å²) in [6.07, 6.45) is 0. The van der Waals surface area contributed by atoms with Crippen molar-refractivity contribution in [3.63, 3.8) is 0 Å². The van der Waals surface area contributed by atoms with E-state index >= 15 is 0 Å². The van der Waals surface area contributed by atoms with Crippen molar-refractivity contribution in [1.82, 2.24) is 0 Å². The van der Waals surface area contributed by atoms with E-state index in [0.29, 0.717) is 5.75 Å². The maximum atomic E-state index is 12.3. The van der Waals surface area contributed by atoms with E-state index in [4.69, 9.17) is 16.3 Å². The lowest BCUT2D eigenvalue weighted by atomic mass is 9.91. The van der Waals surface area contributed by atoms with Crippen molar-refractivity contribution >= 4 is 23.2 Å². The summed E-state index contributed by atoms with van der Waals surface area (Å²) in [4.78, 5) is 11.1. The average Bonchev–Trinajstić information content (AvgIpc) is 2.72. The SMILES string of the molecule is COc1ccc2c(c1)C(Cl)(c1ccccc1)C(=O)N2. The molecule has 4 heteroatoms. The van der Waals surface area contributed by atoms with Crippen LogP contribution in [0.1, 0.15) is 11.1 Å². The molecule has 0 saturated heterocycles. The van der Waals surface area contributed by atoms with Gasteiger partial charge in [-0.3, -0.25) is 4.79 Å². The van der Waals surface area contributed by atoms with Crippen molar-refractivity contribution < 1.29 is 9.53 Å². The average molecular weight is 274 g/mol. The Morgan fingerprint density at radius 3 is 2.58 bits per heavy atom. The van der Waals surface area contributed by atoms with Crippen LogP contribution in [0.4, 0.5) is 5.69 Å². The standard InChI is InChI=1S/C15H12ClNO2/c1-19-11-7-8-13-12(9-11)15(16,14(18)17-13)10-5-3-2-4-6-10/h2-9H,1H3,(H,17,18). The minimum atomic E-state index is -1.19. The lowest BCUT2D eigenvalue weighted by Gasteiger charge is -2.20. The number of carbonyl (C=O) groups is 1. The van der Waals surface area contributed by atoms with E-state index in [-0.39, 0.29) is 5.91 Å². The summed E-state index contributed by atoms with van der Waals surface area (Å²) in [5, 5.41) is 2.81. The van der Waals surface area contributed by atoms with Crippen molar-refractivity contribution in [3.05, 3.63) is 59.7 Å². The third-order valence-corrected chi connectivity index (χ3v) is 3.92. The summed E-state index contributed by atoms with van der Waals surface area (Å²) in [5.74, 6) is 0.444. The number of benzene rings is 2. The molecule has 1 aliphatic rings. The third kappa shape index (κ3) is 1.70. The molecule has 1 heterocycles. The number of ether oxygens (including phenoxy) is 1. The number of rotatable bonds is 2. The van der Waals surface area contributed by atoms with E-state index in [0.717, 1.165) is 16.8 Å². The van der Waals surface area contributed by atoms with Crippen LogP contribution in [0.15, 0.2) is 48.5 Å². The molecule has 3 rings (SSSR count). The van der Waals surface area contributed by atoms with Gasteiger partial charge in [0.05, 0.1) is 7.11 Å². The second-order valence-electron chi connectivity index (χ2n) is 4.39. The molecule has 0 bridgehead atoms. The van der Waals surface area contributed by atoms with Gasteiger partial charge in [-0.1, -0.05) is 41.9 Å². The second kappa shape index (κ2) is 4.28. The fraction of sp³-hybridized carbons (Fsp3) is 0.133. The van der Waals surface area contributed by atoms with Gasteiger partial charge < -0.3 is 10.1 Å². The molecule has 0 radical (unpaired) electrons. The Bertz CT molecular complexity index is 642. The number of methoxy groups -OCH3 is 1. The molecular formula is C15H12ClNO2. The molecule has 2 aromatic carbocycles. The molecule has 3 nitrogen and oxygen atoms in total. The largest absolute Gasteiger partial charge is 0.497 e. The van der Waals surface area contributed by atoms with E-state index in [1.54, 1.807) is 25.3 Å². The Morgan fingerprint density at radius 2 is 1.89 bits per heavy atom. The van der Waals surface area contributed by atoms with Crippen LogP contribution in [0.5, 0.6) is 5.75 Å². The Hall–Kier alpha value is -2.00. The summed E-state index contributed by atoms with van der Waals surface area (Å²) in [6.45, 7) is 0. The summed E-state index contributed by atoms with van der Waals surface area (Å²) in [6, 6.07) is 14.7. The van der Waals surface area contributed by atoms with Gasteiger partial charge in [0.1, 0.15) is 5.75 Å². The smallest absolute Gasteiger partial charge is 0.254 e. The van der Waals surface area contributed by atoms with Crippen LogP contribution < -0.4 is 10.1 Å². The molecule has 0 aliphatic carbocycles. The van der Waals surface area contributed by atoms with Gasteiger partial charge in [0, 0.05) is 11.3 Å². The topological polar surface area (TPSA) is 38.3 Å². The molecule has 1 N–H and O–H groups in total. The van der Waals surface area contributed by atoms with Crippen LogP contribution in [0.25, 0.3) is 0 Å². The second-order valence-corrected chi connectivity index (χ2v) is 4.96. The highest BCUT2D eigenvalue weighted by Gasteiger charge is 2.47. The molecule has 0 saturated carbocycles. The number of fused-ring (bicyclic) bond motifs is 1. The normalized spacial score (nSPS) is 20.8. The number of anilines is 1. The van der Waals surface area contributed by atoms with Gasteiger partial charge in [0.2, 0.25) is 0 Å². The summed E-state index contributed by atoms with van der Waals surface area (Å²) in [5.41, 5.74) is 2.20. The van der Waals surface area contributed by atoms with Crippen molar-refractivity contribution in [2.45, 2.75) is 4.87 Å². The van der Waals surface area contributed by atoms with Gasteiger partial charge in [0.25, 0.3) is 5.91 Å². The summed E-state index contributed by atoms with van der Waals surface area (Å²) >= 11 is 6.64. The molecule has 0 aromatic heterocycles. The summed E-state index contributed by atoms with van der Waals surface area (Å²) in [7, 11) is 1.59. The number of alkyl halides is 1. The zero-order chi connectivity index (χ0) is 13.5. The van der Waals surface area contributed by atoms with Gasteiger partial charge >= 0.3 is 0 Å². The predicted molar refractivity (Wildman–Crippen MR) is 74.7 cm³/mol. The van der Waals surface area contributed by atoms with Crippen LogP contribution in [-0.2, 0) is 9.67 Å². The first-order chi connectivity index (χ1) is 9.16. The van der Waals surface area contributed by atoms with Crippen LogP contribution in [0.3, 0.4) is 0 Å². The minimum Gasteiger partial charge on any atom is -0.497 e. The Morgan fingerprint density at radius 1 is 1.16 bits per heavy atom. The Balaban J connectivity index is 2.21. The zero-order valence-corrected chi connectivity index (χ0v) is 11.1. The monoisotopic (exact) mass is 273 g/mol. The van der Waals surface area contributed by atoms with Crippen molar-refractivity contribution in [1.29, 1.82) is 0 Å². The fourth-order valence-corrected chi connectivity index (χ4v) is 2.66. The molecule has 1 unspecified atom stereocenters. The first kappa shape index (κ1) is 12.1. The van der Waals surface area contributed by atoms with E-state index in [1.807, 2.05) is 30.3 Å². The maximum Gasteiger partial charge on any atom is 0.254 e. The van der Waals surface area contributed by atoms with E-state index < -0.39 is 4.87 Å². The van der Waals surface area contributed by atoms with Gasteiger partial charge in [-0.15, -0.1) is 0 Å². The Kier molecular flexibility index (Phi) is 2.72. The number of halogens is 1. The van der Waals surface area contributed by atoms with E-state index in [9.17, 15) is 4.79 Å². The third-order valence-electron chi connectivity index (χ3n) is 3.33. The molecule has 2 aromatic rings. The first-order valence-corrected chi connectivity index (χ1v) is 6.28. The molecule has 1 aliphatic heterocycles. The van der Waals surface area contributed by atoms with Gasteiger partial charge in [0.15, 0.2) is 4.87 Å². The fourth-order valence-electron chi connectivity index (χ4n) is 2.33. The molecule has 96 valence electrons. The zero-order valence-electron chi connectivity index (χ0n) is 10.3. The van der Waals surface area contributed by atoms with Gasteiger partial charge in [-0.25, -0.2) is 0 Å². The van der Waals surface area contributed by atoms with Crippen LogP contribution in [0, 0.1) is 0 Å². The lowest BCUT2D eigenvalue weighted by Crippen LogP contribution is -2.29. The van der Waals surface area contributed by atoms with Crippen molar-refractivity contribution in [2.24, 2.45) is 0 Å². The molecule has 0 fully saturated rings. The molecule has 1 amide bonds. The highest BCUT2D eigenvalue weighted by Crippen LogP contribution is 2.47. The number of carbonyl (C=O) groups excluding carboxylic acids is 1. The number of nitrogens with one attached hydrogen (secondary N) is 1. The predicted octanol–water partition coefficient (Wildman–Crippen LogP) is 3.13. The Labute approximate surface area is 116 Å². The number of hydrogen-bond donors (Lipinski definition) is 1. The van der Waals surface area contributed by atoms with Crippen LogP contribution in [-0.4, -0.2) is 13.0 Å². The van der Waals surface area contributed by atoms with Gasteiger partial charge in [-0.2, -0.15) is 0 Å². The minimum absolute atomic E-state index is 0.233. The number of amides is 1.